The molecule has 0 N–H and O–H groups in total. The summed E-state index contributed by atoms with van der Waals surface area (Å²) in [6.45, 7) is 0.154. The first-order chi connectivity index (χ1) is 10.4. The Labute approximate surface area is 124 Å². The van der Waals surface area contributed by atoms with Gasteiger partial charge in [-0.15, -0.1) is 0 Å². The Morgan fingerprint density at radius 2 is 2.18 bits per heavy atom. The minimum atomic E-state index is -4.58. The zero-order valence-corrected chi connectivity index (χ0v) is 11.4. The van der Waals surface area contributed by atoms with Gasteiger partial charge in [0.2, 0.25) is 0 Å². The molecule has 22 heavy (non-hydrogen) atoms. The molecule has 2 fully saturated rings. The lowest BCUT2D eigenvalue weighted by Crippen LogP contribution is -2.43. The molecule has 2 aliphatic rings. The highest BCUT2D eigenvalue weighted by Crippen LogP contribution is 2.59. The van der Waals surface area contributed by atoms with Crippen molar-refractivity contribution in [2.45, 2.75) is 31.5 Å². The van der Waals surface area contributed by atoms with Crippen LogP contribution < -0.4 is 0 Å². The molecule has 116 valence electrons. The maximum absolute atomic E-state index is 13.1. The van der Waals surface area contributed by atoms with Gasteiger partial charge in [0.15, 0.2) is 0 Å². The minimum Gasteiger partial charge on any atom is -0.272 e. The zero-order valence-electron chi connectivity index (χ0n) is 11.4. The van der Waals surface area contributed by atoms with Crippen molar-refractivity contribution in [3.05, 3.63) is 29.6 Å². The predicted molar refractivity (Wildman–Crippen MR) is 66.8 cm³/mol. The summed E-state index contributed by atoms with van der Waals surface area (Å²) < 4.78 is 39.3. The molecular weight excluding hydrogens is 299 g/mol. The number of halogens is 3. The maximum Gasteiger partial charge on any atom is 0.403 e. The van der Waals surface area contributed by atoms with E-state index in [0.29, 0.717) is 12.0 Å². The number of alkyl halides is 3. The third kappa shape index (κ3) is 2.22. The number of nitriles is 1. The molecule has 0 aromatic carbocycles. The fourth-order valence-electron chi connectivity index (χ4n) is 2.63. The highest BCUT2D eigenvalue weighted by Gasteiger charge is 2.70. The lowest BCUT2D eigenvalue weighted by molar-refractivity contribution is -0.223. The summed E-state index contributed by atoms with van der Waals surface area (Å²) in [5.74, 6) is -1.05. The van der Waals surface area contributed by atoms with Crippen molar-refractivity contribution in [1.29, 1.82) is 5.26 Å². The number of amides is 1. The number of carbonyl (C=O) groups excluding carboxylic acids is 1. The average Bonchev–Trinajstić information content (AvgIpc) is 3.18. The van der Waals surface area contributed by atoms with Crippen LogP contribution >= 0.6 is 0 Å². The van der Waals surface area contributed by atoms with E-state index in [4.69, 9.17) is 10.1 Å². The van der Waals surface area contributed by atoms with Gasteiger partial charge in [0.25, 0.3) is 5.91 Å². The van der Waals surface area contributed by atoms with Crippen molar-refractivity contribution in [3.63, 3.8) is 0 Å². The quantitative estimate of drug-likeness (QED) is 0.841. The molecule has 0 unspecified atom stereocenters. The molecule has 1 aromatic rings. The molecule has 0 bridgehead atoms. The van der Waals surface area contributed by atoms with Crippen molar-refractivity contribution in [2.75, 3.05) is 6.61 Å². The van der Waals surface area contributed by atoms with Gasteiger partial charge >= 0.3 is 6.18 Å². The second-order valence-electron chi connectivity index (χ2n) is 5.47. The van der Waals surface area contributed by atoms with Gasteiger partial charge in [0.1, 0.15) is 11.5 Å². The SMILES string of the molecule is N#Cc1cncc([C@@H]2CCON2C(=O)C2(C(F)(F)F)CC2)c1. The summed E-state index contributed by atoms with van der Waals surface area (Å²) in [6, 6.07) is 2.78. The van der Waals surface area contributed by atoms with Crippen LogP contribution in [0.1, 0.15) is 36.4 Å². The number of rotatable bonds is 2. The fraction of sp³-hybridized carbons (Fsp3) is 0.500. The Hall–Kier alpha value is -2.14. The number of hydroxylamine groups is 2. The molecule has 2 heterocycles. The smallest absolute Gasteiger partial charge is 0.272 e. The normalized spacial score (nSPS) is 23.2. The van der Waals surface area contributed by atoms with Gasteiger partial charge in [0.05, 0.1) is 18.2 Å². The van der Waals surface area contributed by atoms with Gasteiger partial charge in [-0.05, 0) is 24.5 Å². The van der Waals surface area contributed by atoms with E-state index in [1.165, 1.54) is 18.5 Å². The standard InChI is InChI=1S/C14H12F3N3O2/c15-14(16,17)13(2-3-13)12(21)20-11(1-4-22-20)10-5-9(6-18)7-19-8-10/h5,7-8,11H,1-4H2/t11-/m0/s1. The van der Waals surface area contributed by atoms with Crippen LogP contribution in [0.25, 0.3) is 0 Å². The van der Waals surface area contributed by atoms with E-state index in [1.807, 2.05) is 6.07 Å². The van der Waals surface area contributed by atoms with E-state index < -0.39 is 23.5 Å². The van der Waals surface area contributed by atoms with E-state index in [2.05, 4.69) is 4.98 Å². The topological polar surface area (TPSA) is 66.2 Å². The lowest BCUT2D eigenvalue weighted by atomic mass is 10.0. The van der Waals surface area contributed by atoms with Gasteiger partial charge < -0.3 is 0 Å². The Bertz CT molecular complexity index is 649. The number of carbonyl (C=O) groups is 1. The van der Waals surface area contributed by atoms with Crippen LogP contribution in [0.4, 0.5) is 13.2 Å². The molecule has 5 nitrogen and oxygen atoms in total. The van der Waals surface area contributed by atoms with Crippen LogP contribution in [-0.4, -0.2) is 28.7 Å². The van der Waals surface area contributed by atoms with Crippen molar-refractivity contribution < 1.29 is 22.8 Å². The van der Waals surface area contributed by atoms with Crippen molar-refractivity contribution >= 4 is 5.91 Å². The second kappa shape index (κ2) is 4.95. The van der Waals surface area contributed by atoms with Crippen LogP contribution in [0.15, 0.2) is 18.5 Å². The first-order valence-corrected chi connectivity index (χ1v) is 6.77. The van der Waals surface area contributed by atoms with E-state index in [1.54, 1.807) is 0 Å². The Morgan fingerprint density at radius 3 is 2.77 bits per heavy atom. The average molecular weight is 311 g/mol. The molecule has 1 aromatic heterocycles. The summed E-state index contributed by atoms with van der Waals surface area (Å²) in [6.07, 6.45) is -1.84. The molecule has 1 saturated heterocycles. The van der Waals surface area contributed by atoms with E-state index in [-0.39, 0.29) is 25.0 Å². The van der Waals surface area contributed by atoms with Crippen molar-refractivity contribution in [3.8, 4) is 6.07 Å². The van der Waals surface area contributed by atoms with E-state index >= 15 is 0 Å². The monoisotopic (exact) mass is 311 g/mol. The fourth-order valence-corrected chi connectivity index (χ4v) is 2.63. The number of hydrogen-bond acceptors (Lipinski definition) is 4. The van der Waals surface area contributed by atoms with Gasteiger partial charge in [0, 0.05) is 18.8 Å². The highest BCUT2D eigenvalue weighted by atomic mass is 19.4. The van der Waals surface area contributed by atoms with Crippen LogP contribution in [0, 0.1) is 16.7 Å². The molecule has 8 heteroatoms. The number of hydrogen-bond donors (Lipinski definition) is 0. The van der Waals surface area contributed by atoms with Crippen LogP contribution in [0.2, 0.25) is 0 Å². The van der Waals surface area contributed by atoms with E-state index in [0.717, 1.165) is 5.06 Å². The third-order valence-corrected chi connectivity index (χ3v) is 4.08. The van der Waals surface area contributed by atoms with Crippen molar-refractivity contribution in [2.24, 2.45) is 5.41 Å². The molecule has 1 saturated carbocycles. The molecular formula is C14H12F3N3O2. The largest absolute Gasteiger partial charge is 0.403 e. The van der Waals surface area contributed by atoms with E-state index in [9.17, 15) is 18.0 Å². The first-order valence-electron chi connectivity index (χ1n) is 6.77. The highest BCUT2D eigenvalue weighted by molar-refractivity contribution is 5.86. The predicted octanol–water partition coefficient (Wildman–Crippen LogP) is 2.50. The molecule has 1 atom stereocenters. The first kappa shape index (κ1) is 14.8. The zero-order chi connectivity index (χ0) is 16.0. The van der Waals surface area contributed by atoms with Gasteiger partial charge in [-0.2, -0.15) is 18.4 Å². The molecule has 1 amide bonds. The summed E-state index contributed by atoms with van der Waals surface area (Å²) >= 11 is 0. The van der Waals surface area contributed by atoms with Crippen LogP contribution in [0.3, 0.4) is 0 Å². The maximum atomic E-state index is 13.1. The Balaban J connectivity index is 1.88. The molecule has 1 aliphatic heterocycles. The van der Waals surface area contributed by atoms with Crippen molar-refractivity contribution in [1.82, 2.24) is 10.0 Å². The number of aromatic nitrogens is 1. The van der Waals surface area contributed by atoms with Gasteiger partial charge in [-0.3, -0.25) is 14.6 Å². The molecule has 1 aliphatic carbocycles. The van der Waals surface area contributed by atoms with Gasteiger partial charge in [-0.1, -0.05) is 0 Å². The Kier molecular flexibility index (Phi) is 3.33. The number of pyridine rings is 1. The summed E-state index contributed by atoms with van der Waals surface area (Å²) in [4.78, 5) is 21.3. The van der Waals surface area contributed by atoms with Crippen LogP contribution in [-0.2, 0) is 9.63 Å². The van der Waals surface area contributed by atoms with Crippen LogP contribution in [0.5, 0.6) is 0 Å². The molecule has 3 rings (SSSR count). The minimum absolute atomic E-state index is 0.154. The third-order valence-electron chi connectivity index (χ3n) is 4.08. The molecule has 0 radical (unpaired) electrons. The Morgan fingerprint density at radius 1 is 1.45 bits per heavy atom. The second-order valence-corrected chi connectivity index (χ2v) is 5.47. The summed E-state index contributed by atoms with van der Waals surface area (Å²) in [5.41, 5.74) is -1.52. The van der Waals surface area contributed by atoms with Gasteiger partial charge in [-0.25, -0.2) is 5.06 Å². The lowest BCUT2D eigenvalue weighted by Gasteiger charge is -2.28. The summed E-state index contributed by atoms with van der Waals surface area (Å²) in [5, 5.41) is 9.69. The molecule has 0 spiro atoms. The number of nitrogens with zero attached hydrogens (tertiary/aromatic N) is 3. The summed E-state index contributed by atoms with van der Waals surface area (Å²) in [7, 11) is 0.